The fraction of sp³-hybridized carbons (Fsp3) is 0.579. The van der Waals surface area contributed by atoms with Crippen LogP contribution in [-0.4, -0.2) is 18.4 Å². The molecule has 0 bridgehead atoms. The summed E-state index contributed by atoms with van der Waals surface area (Å²) in [7, 11) is 0. The molecule has 1 aromatic rings. The second-order valence-electron chi connectivity index (χ2n) is 6.05. The Balaban J connectivity index is 2.07. The number of rotatable bonds is 10. The Kier molecular flexibility index (Phi) is 9.76. The third kappa shape index (κ3) is 9.01. The van der Waals surface area contributed by atoms with Crippen LogP contribution >= 0.6 is 0 Å². The lowest BCUT2D eigenvalue weighted by Crippen LogP contribution is -2.39. The molecule has 1 aromatic carbocycles. The molecule has 4 heteroatoms. The van der Waals surface area contributed by atoms with E-state index in [1.807, 2.05) is 31.2 Å². The second kappa shape index (κ2) is 11.7. The zero-order valence-electron chi connectivity index (χ0n) is 14.5. The van der Waals surface area contributed by atoms with Crippen molar-refractivity contribution < 1.29 is 9.59 Å². The van der Waals surface area contributed by atoms with E-state index in [2.05, 4.69) is 17.6 Å². The normalized spacial score (nSPS) is 10.3. The molecule has 0 aliphatic heterocycles. The van der Waals surface area contributed by atoms with Gasteiger partial charge in [-0.1, -0.05) is 75.3 Å². The van der Waals surface area contributed by atoms with E-state index in [1.54, 1.807) is 0 Å². The highest BCUT2D eigenvalue weighted by Gasteiger charge is 2.11. The Morgan fingerprint density at radius 3 is 2.04 bits per heavy atom. The van der Waals surface area contributed by atoms with Crippen LogP contribution in [0.4, 0.5) is 0 Å². The number of hydrogen-bond donors (Lipinski definition) is 2. The molecule has 2 amide bonds. The third-order valence-electron chi connectivity index (χ3n) is 3.85. The summed E-state index contributed by atoms with van der Waals surface area (Å²) in [4.78, 5) is 23.4. The van der Waals surface area contributed by atoms with E-state index in [-0.39, 0.29) is 0 Å². The van der Waals surface area contributed by atoms with Crippen LogP contribution in [0.15, 0.2) is 24.3 Å². The number of nitrogens with one attached hydrogen (secondary N) is 2. The van der Waals surface area contributed by atoms with Crippen LogP contribution in [0.1, 0.15) is 63.0 Å². The maximum atomic E-state index is 11.7. The molecule has 0 unspecified atom stereocenters. The number of carbonyl (C=O) groups excluding carboxylic acids is 2. The van der Waals surface area contributed by atoms with Crippen molar-refractivity contribution in [2.45, 2.75) is 65.3 Å². The molecule has 0 aliphatic rings. The predicted octanol–water partition coefficient (Wildman–Crippen LogP) is 3.48. The quantitative estimate of drug-likeness (QED) is 0.512. The first kappa shape index (κ1) is 19.2. The zero-order valence-corrected chi connectivity index (χ0v) is 14.5. The maximum absolute atomic E-state index is 11.7. The summed E-state index contributed by atoms with van der Waals surface area (Å²) in [6, 6.07) is 7.88. The molecule has 2 N–H and O–H groups in total. The van der Waals surface area contributed by atoms with Crippen molar-refractivity contribution in [1.82, 2.24) is 10.6 Å². The van der Waals surface area contributed by atoms with Gasteiger partial charge in [0.2, 0.25) is 0 Å². The van der Waals surface area contributed by atoms with Gasteiger partial charge in [-0.2, -0.15) is 0 Å². The van der Waals surface area contributed by atoms with E-state index in [1.165, 1.54) is 37.7 Å². The van der Waals surface area contributed by atoms with Gasteiger partial charge in [-0.3, -0.25) is 9.59 Å². The molecule has 23 heavy (non-hydrogen) atoms. The number of hydrogen-bond acceptors (Lipinski definition) is 2. The Labute approximate surface area is 140 Å². The molecule has 0 aromatic heterocycles. The summed E-state index contributed by atoms with van der Waals surface area (Å²) >= 11 is 0. The average molecular weight is 318 g/mol. The van der Waals surface area contributed by atoms with Crippen LogP contribution in [0, 0.1) is 6.92 Å². The molecular weight excluding hydrogens is 288 g/mol. The van der Waals surface area contributed by atoms with Crippen LogP contribution in [0.5, 0.6) is 0 Å². The molecular formula is C19H30N2O2. The Hall–Kier alpha value is -1.84. The fourth-order valence-corrected chi connectivity index (χ4v) is 2.33. The van der Waals surface area contributed by atoms with Crippen LogP contribution < -0.4 is 10.6 Å². The van der Waals surface area contributed by atoms with Crippen molar-refractivity contribution in [1.29, 1.82) is 0 Å². The molecule has 0 aliphatic carbocycles. The zero-order chi connectivity index (χ0) is 16.9. The molecule has 0 spiro atoms. The van der Waals surface area contributed by atoms with Crippen molar-refractivity contribution in [3.63, 3.8) is 0 Å². The highest BCUT2D eigenvalue weighted by Crippen LogP contribution is 2.06. The lowest BCUT2D eigenvalue weighted by atomic mass is 10.1. The molecule has 0 atom stereocenters. The number of amides is 2. The van der Waals surface area contributed by atoms with Gasteiger partial charge in [-0.05, 0) is 18.9 Å². The molecule has 128 valence electrons. The highest BCUT2D eigenvalue weighted by atomic mass is 16.2. The van der Waals surface area contributed by atoms with Gasteiger partial charge < -0.3 is 10.6 Å². The summed E-state index contributed by atoms with van der Waals surface area (Å²) in [6.07, 6.45) is 8.36. The Morgan fingerprint density at radius 2 is 1.39 bits per heavy atom. The SMILES string of the molecule is CCCCCCCCCNC(=O)C(=O)NCc1ccc(C)cc1. The van der Waals surface area contributed by atoms with Gasteiger partial charge in [0.1, 0.15) is 0 Å². The number of benzene rings is 1. The summed E-state index contributed by atoms with van der Waals surface area (Å²) in [5.74, 6) is -1.10. The van der Waals surface area contributed by atoms with Gasteiger partial charge in [0, 0.05) is 13.1 Å². The lowest BCUT2D eigenvalue weighted by Gasteiger charge is -2.07. The van der Waals surface area contributed by atoms with Crippen LogP contribution in [0.25, 0.3) is 0 Å². The highest BCUT2D eigenvalue weighted by molar-refractivity contribution is 6.35. The molecule has 4 nitrogen and oxygen atoms in total. The number of unbranched alkanes of at least 4 members (excludes halogenated alkanes) is 6. The fourth-order valence-electron chi connectivity index (χ4n) is 2.33. The number of carbonyl (C=O) groups is 2. The van der Waals surface area contributed by atoms with Gasteiger partial charge in [0.25, 0.3) is 0 Å². The molecule has 1 rings (SSSR count). The first-order chi connectivity index (χ1) is 11.1. The van der Waals surface area contributed by atoms with Gasteiger partial charge in [0.15, 0.2) is 0 Å². The first-order valence-electron chi connectivity index (χ1n) is 8.75. The van der Waals surface area contributed by atoms with Crippen LogP contribution in [0.2, 0.25) is 0 Å². The van der Waals surface area contributed by atoms with Crippen molar-refractivity contribution in [3.05, 3.63) is 35.4 Å². The minimum absolute atomic E-state index is 0.379. The minimum Gasteiger partial charge on any atom is -0.348 e. The van der Waals surface area contributed by atoms with E-state index in [0.717, 1.165) is 18.4 Å². The first-order valence-corrected chi connectivity index (χ1v) is 8.75. The van der Waals surface area contributed by atoms with Crippen LogP contribution in [-0.2, 0) is 16.1 Å². The van der Waals surface area contributed by atoms with Gasteiger partial charge >= 0.3 is 11.8 Å². The smallest absolute Gasteiger partial charge is 0.309 e. The molecule has 0 radical (unpaired) electrons. The molecule has 0 saturated heterocycles. The molecule has 0 heterocycles. The lowest BCUT2D eigenvalue weighted by molar-refractivity contribution is -0.139. The number of aryl methyl sites for hydroxylation is 1. The van der Waals surface area contributed by atoms with Crippen molar-refractivity contribution in [2.75, 3.05) is 6.54 Å². The van der Waals surface area contributed by atoms with E-state index in [0.29, 0.717) is 13.1 Å². The van der Waals surface area contributed by atoms with Gasteiger partial charge in [0.05, 0.1) is 0 Å². The molecule has 0 saturated carbocycles. The van der Waals surface area contributed by atoms with Crippen molar-refractivity contribution in [3.8, 4) is 0 Å². The average Bonchev–Trinajstić information content (AvgIpc) is 2.56. The maximum Gasteiger partial charge on any atom is 0.309 e. The van der Waals surface area contributed by atoms with Gasteiger partial charge in [-0.15, -0.1) is 0 Å². The monoisotopic (exact) mass is 318 g/mol. The Bertz CT molecular complexity index is 469. The predicted molar refractivity (Wildman–Crippen MR) is 94.0 cm³/mol. The van der Waals surface area contributed by atoms with E-state index >= 15 is 0 Å². The van der Waals surface area contributed by atoms with Gasteiger partial charge in [-0.25, -0.2) is 0 Å². The Morgan fingerprint density at radius 1 is 0.826 bits per heavy atom. The summed E-state index contributed by atoms with van der Waals surface area (Å²) in [5, 5.41) is 5.32. The van der Waals surface area contributed by atoms with E-state index < -0.39 is 11.8 Å². The van der Waals surface area contributed by atoms with Crippen molar-refractivity contribution in [2.24, 2.45) is 0 Å². The van der Waals surface area contributed by atoms with Crippen molar-refractivity contribution >= 4 is 11.8 Å². The topological polar surface area (TPSA) is 58.2 Å². The summed E-state index contributed by atoms with van der Waals surface area (Å²) < 4.78 is 0. The summed E-state index contributed by atoms with van der Waals surface area (Å²) in [6.45, 7) is 5.17. The van der Waals surface area contributed by atoms with E-state index in [4.69, 9.17) is 0 Å². The molecule has 0 fully saturated rings. The summed E-state index contributed by atoms with van der Waals surface area (Å²) in [5.41, 5.74) is 2.16. The van der Waals surface area contributed by atoms with Crippen LogP contribution in [0.3, 0.4) is 0 Å². The minimum atomic E-state index is -0.562. The van der Waals surface area contributed by atoms with E-state index in [9.17, 15) is 9.59 Å². The third-order valence-corrected chi connectivity index (χ3v) is 3.85. The standard InChI is InChI=1S/C19H30N2O2/c1-3-4-5-6-7-8-9-14-20-18(22)19(23)21-15-17-12-10-16(2)11-13-17/h10-13H,3-9,14-15H2,1-2H3,(H,20,22)(H,21,23). The second-order valence-corrected chi connectivity index (χ2v) is 6.05. The largest absolute Gasteiger partial charge is 0.348 e.